The van der Waals surface area contributed by atoms with Crippen LogP contribution in [0.1, 0.15) is 42.6 Å². The molecule has 0 aliphatic carbocycles. The fourth-order valence-electron chi connectivity index (χ4n) is 1.68. The normalized spacial score (nSPS) is 11.5. The van der Waals surface area contributed by atoms with Crippen molar-refractivity contribution in [3.63, 3.8) is 0 Å². The maximum absolute atomic E-state index is 12.0. The molecule has 0 radical (unpaired) electrons. The van der Waals surface area contributed by atoms with Gasteiger partial charge in [-0.3, -0.25) is 4.98 Å². The van der Waals surface area contributed by atoms with E-state index in [1.807, 2.05) is 32.9 Å². The van der Waals surface area contributed by atoms with E-state index in [2.05, 4.69) is 31.2 Å². The van der Waals surface area contributed by atoms with Crippen molar-refractivity contribution in [2.45, 2.75) is 39.8 Å². The first-order chi connectivity index (χ1) is 9.76. The van der Waals surface area contributed by atoms with Crippen molar-refractivity contribution in [2.24, 2.45) is 0 Å². The predicted octanol–water partition coefficient (Wildman–Crippen LogP) is 2.75. The molecule has 2 rings (SSSR count). The highest BCUT2D eigenvalue weighted by molar-refractivity contribution is 9.10. The van der Waals surface area contributed by atoms with Gasteiger partial charge in [0.25, 0.3) is 0 Å². The lowest BCUT2D eigenvalue weighted by Gasteiger charge is -2.18. The van der Waals surface area contributed by atoms with E-state index in [0.29, 0.717) is 12.2 Å². The van der Waals surface area contributed by atoms with Gasteiger partial charge < -0.3 is 4.74 Å². The lowest BCUT2D eigenvalue weighted by Crippen LogP contribution is -2.24. The van der Waals surface area contributed by atoms with Gasteiger partial charge in [-0.15, -0.1) is 5.10 Å². The van der Waals surface area contributed by atoms with Crippen LogP contribution in [-0.2, 0) is 11.3 Å². The second kappa shape index (κ2) is 5.93. The Morgan fingerprint density at radius 2 is 2.10 bits per heavy atom. The van der Waals surface area contributed by atoms with Gasteiger partial charge in [0, 0.05) is 10.7 Å². The molecule has 2 aromatic rings. The quantitative estimate of drug-likeness (QED) is 0.794. The Balaban J connectivity index is 2.17. The van der Waals surface area contributed by atoms with Gasteiger partial charge >= 0.3 is 5.97 Å². The first-order valence-corrected chi connectivity index (χ1v) is 7.29. The molecule has 0 N–H and O–H groups in total. The molecule has 2 heterocycles. The molecule has 0 saturated heterocycles. The molecule has 112 valence electrons. The highest BCUT2D eigenvalue weighted by atomic mass is 79.9. The summed E-state index contributed by atoms with van der Waals surface area (Å²) in [6, 6.07) is 3.79. The summed E-state index contributed by atoms with van der Waals surface area (Å²) in [7, 11) is 0. The van der Waals surface area contributed by atoms with E-state index < -0.39 is 11.6 Å². The van der Waals surface area contributed by atoms with Gasteiger partial charge in [-0.1, -0.05) is 5.21 Å². The van der Waals surface area contributed by atoms with Crippen molar-refractivity contribution in [3.05, 3.63) is 39.9 Å². The minimum Gasteiger partial charge on any atom is -0.455 e. The standard InChI is InChI=1S/C14H17BrN4O2/c1-9-12(13(20)21-14(2,3)4)17-18-19(9)8-11-6-5-10(15)7-16-11/h5-7H,8H2,1-4H3. The number of nitrogens with zero attached hydrogens (tertiary/aromatic N) is 4. The molecule has 0 amide bonds. The topological polar surface area (TPSA) is 69.9 Å². The third kappa shape index (κ3) is 4.10. The van der Waals surface area contributed by atoms with Gasteiger partial charge in [0.2, 0.25) is 0 Å². The van der Waals surface area contributed by atoms with E-state index in [-0.39, 0.29) is 5.69 Å². The third-order valence-corrected chi connectivity index (χ3v) is 3.14. The number of hydrogen-bond donors (Lipinski definition) is 0. The van der Waals surface area contributed by atoms with Crippen molar-refractivity contribution < 1.29 is 9.53 Å². The Labute approximate surface area is 131 Å². The molecule has 0 atom stereocenters. The van der Waals surface area contributed by atoms with Gasteiger partial charge in [0.15, 0.2) is 5.69 Å². The molecule has 0 fully saturated rings. The van der Waals surface area contributed by atoms with Crippen molar-refractivity contribution in [2.75, 3.05) is 0 Å². The zero-order valence-corrected chi connectivity index (χ0v) is 14.0. The van der Waals surface area contributed by atoms with Crippen LogP contribution in [0.3, 0.4) is 0 Å². The second-order valence-electron chi connectivity index (χ2n) is 5.65. The number of hydrogen-bond acceptors (Lipinski definition) is 5. The number of pyridine rings is 1. The van der Waals surface area contributed by atoms with Gasteiger partial charge in [-0.2, -0.15) is 0 Å². The molecule has 6 nitrogen and oxygen atoms in total. The maximum atomic E-state index is 12.0. The van der Waals surface area contributed by atoms with E-state index in [1.165, 1.54) is 0 Å². The van der Waals surface area contributed by atoms with E-state index in [4.69, 9.17) is 4.74 Å². The number of carbonyl (C=O) groups excluding carboxylic acids is 1. The first kappa shape index (κ1) is 15.6. The smallest absolute Gasteiger partial charge is 0.361 e. The van der Waals surface area contributed by atoms with Crippen molar-refractivity contribution in [1.82, 2.24) is 20.0 Å². The van der Waals surface area contributed by atoms with Crippen LogP contribution in [0.4, 0.5) is 0 Å². The fourth-order valence-corrected chi connectivity index (χ4v) is 1.91. The van der Waals surface area contributed by atoms with Gasteiger partial charge in [0.1, 0.15) is 5.60 Å². The number of aromatic nitrogens is 4. The zero-order chi connectivity index (χ0) is 15.6. The lowest BCUT2D eigenvalue weighted by molar-refractivity contribution is 0.00619. The van der Waals surface area contributed by atoms with Crippen LogP contribution in [0.15, 0.2) is 22.8 Å². The highest BCUT2D eigenvalue weighted by Crippen LogP contribution is 2.14. The summed E-state index contributed by atoms with van der Waals surface area (Å²) in [6.45, 7) is 7.69. The van der Waals surface area contributed by atoms with Crippen LogP contribution in [0, 0.1) is 6.92 Å². The number of halogens is 1. The van der Waals surface area contributed by atoms with Gasteiger partial charge in [-0.05, 0) is 55.8 Å². The van der Waals surface area contributed by atoms with Crippen LogP contribution in [0.25, 0.3) is 0 Å². The van der Waals surface area contributed by atoms with Crippen LogP contribution in [-0.4, -0.2) is 31.5 Å². The SMILES string of the molecule is Cc1c(C(=O)OC(C)(C)C)nnn1Cc1ccc(Br)cn1. The Morgan fingerprint density at radius 3 is 2.67 bits per heavy atom. The van der Waals surface area contributed by atoms with Crippen LogP contribution in [0.5, 0.6) is 0 Å². The second-order valence-corrected chi connectivity index (χ2v) is 6.57. The molecular formula is C14H17BrN4O2. The first-order valence-electron chi connectivity index (χ1n) is 6.50. The molecule has 0 bridgehead atoms. The summed E-state index contributed by atoms with van der Waals surface area (Å²) < 4.78 is 7.85. The summed E-state index contributed by atoms with van der Waals surface area (Å²) in [5, 5.41) is 7.91. The summed E-state index contributed by atoms with van der Waals surface area (Å²) in [5.41, 5.74) is 1.18. The molecule has 0 saturated carbocycles. The minimum atomic E-state index is -0.555. The Hall–Kier alpha value is -1.76. The number of rotatable bonds is 3. The van der Waals surface area contributed by atoms with Crippen LogP contribution >= 0.6 is 15.9 Å². The lowest BCUT2D eigenvalue weighted by atomic mass is 10.2. The molecule has 0 aliphatic heterocycles. The monoisotopic (exact) mass is 352 g/mol. The van der Waals surface area contributed by atoms with Gasteiger partial charge in [0.05, 0.1) is 17.9 Å². The Kier molecular flexibility index (Phi) is 4.41. The summed E-state index contributed by atoms with van der Waals surface area (Å²) in [5.74, 6) is -0.463. The van der Waals surface area contributed by atoms with Crippen LogP contribution in [0.2, 0.25) is 0 Å². The van der Waals surface area contributed by atoms with E-state index >= 15 is 0 Å². The maximum Gasteiger partial charge on any atom is 0.361 e. The predicted molar refractivity (Wildman–Crippen MR) is 81.0 cm³/mol. The van der Waals surface area contributed by atoms with Gasteiger partial charge in [-0.25, -0.2) is 9.48 Å². The minimum absolute atomic E-state index is 0.238. The molecule has 21 heavy (non-hydrogen) atoms. The van der Waals surface area contributed by atoms with Crippen molar-refractivity contribution in [3.8, 4) is 0 Å². The molecule has 7 heteroatoms. The Morgan fingerprint density at radius 1 is 1.38 bits per heavy atom. The largest absolute Gasteiger partial charge is 0.455 e. The van der Waals surface area contributed by atoms with E-state index in [9.17, 15) is 4.79 Å². The van der Waals surface area contributed by atoms with Crippen LogP contribution < -0.4 is 0 Å². The number of esters is 1. The molecule has 2 aromatic heterocycles. The molecule has 0 spiro atoms. The molecular weight excluding hydrogens is 336 g/mol. The zero-order valence-electron chi connectivity index (χ0n) is 12.4. The average Bonchev–Trinajstić information content (AvgIpc) is 2.72. The summed E-state index contributed by atoms with van der Waals surface area (Å²) in [4.78, 5) is 16.3. The molecule has 0 aliphatic rings. The van der Waals surface area contributed by atoms with Crippen molar-refractivity contribution in [1.29, 1.82) is 0 Å². The van der Waals surface area contributed by atoms with Crippen molar-refractivity contribution >= 4 is 21.9 Å². The fraction of sp³-hybridized carbons (Fsp3) is 0.429. The Bertz CT molecular complexity index is 644. The van der Waals surface area contributed by atoms with E-state index in [1.54, 1.807) is 17.8 Å². The third-order valence-electron chi connectivity index (χ3n) is 2.68. The van der Waals surface area contributed by atoms with E-state index in [0.717, 1.165) is 10.2 Å². The number of ether oxygens (including phenoxy) is 1. The average molecular weight is 353 g/mol. The summed E-state index contributed by atoms with van der Waals surface area (Å²) >= 11 is 3.34. The number of carbonyl (C=O) groups is 1. The summed E-state index contributed by atoms with van der Waals surface area (Å²) in [6.07, 6.45) is 1.72. The molecule has 0 unspecified atom stereocenters. The highest BCUT2D eigenvalue weighted by Gasteiger charge is 2.23. The molecule has 0 aromatic carbocycles.